The van der Waals surface area contributed by atoms with Crippen molar-refractivity contribution in [3.05, 3.63) is 29.3 Å². The van der Waals surface area contributed by atoms with Gasteiger partial charge >= 0.3 is 0 Å². The standard InChI is InChI=1S/C14H21N3O2/c1-10-4-3-5-12(14(15)16-18)13(10)17(8-9-19-2)11-6-7-11/h3-5,11,18H,6-9H2,1-2H3,(H2,15,16). The van der Waals surface area contributed by atoms with Gasteiger partial charge in [0, 0.05) is 25.3 Å². The van der Waals surface area contributed by atoms with Crippen molar-refractivity contribution < 1.29 is 9.94 Å². The maximum absolute atomic E-state index is 8.94. The lowest BCUT2D eigenvalue weighted by Gasteiger charge is -2.28. The Morgan fingerprint density at radius 1 is 1.53 bits per heavy atom. The van der Waals surface area contributed by atoms with Gasteiger partial charge in [0.05, 0.1) is 12.3 Å². The summed E-state index contributed by atoms with van der Waals surface area (Å²) in [6.07, 6.45) is 2.38. The molecule has 0 spiro atoms. The van der Waals surface area contributed by atoms with Crippen LogP contribution in [0.2, 0.25) is 0 Å². The van der Waals surface area contributed by atoms with Crippen LogP contribution < -0.4 is 10.6 Å². The monoisotopic (exact) mass is 263 g/mol. The fraction of sp³-hybridized carbons (Fsp3) is 0.500. The first-order valence-corrected chi connectivity index (χ1v) is 6.52. The van der Waals surface area contributed by atoms with Gasteiger partial charge in [-0.3, -0.25) is 0 Å². The Morgan fingerprint density at radius 3 is 2.84 bits per heavy atom. The minimum Gasteiger partial charge on any atom is -0.409 e. The normalized spacial score (nSPS) is 15.6. The van der Waals surface area contributed by atoms with Crippen molar-refractivity contribution >= 4 is 11.5 Å². The first kappa shape index (κ1) is 13.7. The highest BCUT2D eigenvalue weighted by Gasteiger charge is 2.31. The van der Waals surface area contributed by atoms with Gasteiger partial charge in [-0.25, -0.2) is 0 Å². The molecule has 0 aromatic heterocycles. The highest BCUT2D eigenvalue weighted by atomic mass is 16.5. The van der Waals surface area contributed by atoms with Crippen molar-refractivity contribution in [3.8, 4) is 0 Å². The lowest BCUT2D eigenvalue weighted by atomic mass is 10.1. The molecule has 3 N–H and O–H groups in total. The third-order valence-electron chi connectivity index (χ3n) is 3.43. The molecule has 1 aliphatic rings. The maximum atomic E-state index is 8.94. The van der Waals surface area contributed by atoms with Crippen molar-refractivity contribution in [2.75, 3.05) is 25.2 Å². The van der Waals surface area contributed by atoms with Crippen molar-refractivity contribution in [1.29, 1.82) is 0 Å². The van der Waals surface area contributed by atoms with E-state index in [0.717, 1.165) is 23.4 Å². The number of amidine groups is 1. The second-order valence-corrected chi connectivity index (χ2v) is 4.87. The molecule has 0 saturated heterocycles. The average molecular weight is 263 g/mol. The van der Waals surface area contributed by atoms with E-state index in [1.807, 2.05) is 25.1 Å². The summed E-state index contributed by atoms with van der Waals surface area (Å²) in [5, 5.41) is 12.1. The SMILES string of the molecule is COCCN(c1c(C)cccc1/C(N)=N/O)C1CC1. The van der Waals surface area contributed by atoms with E-state index in [2.05, 4.69) is 10.1 Å². The summed E-state index contributed by atoms with van der Waals surface area (Å²) in [7, 11) is 1.70. The first-order chi connectivity index (χ1) is 9.19. The molecule has 0 atom stereocenters. The van der Waals surface area contributed by atoms with Crippen molar-refractivity contribution in [2.45, 2.75) is 25.8 Å². The van der Waals surface area contributed by atoms with Crippen molar-refractivity contribution in [2.24, 2.45) is 10.9 Å². The molecule has 1 fully saturated rings. The molecule has 5 nitrogen and oxygen atoms in total. The van der Waals surface area contributed by atoms with Crippen LogP contribution in [-0.2, 0) is 4.74 Å². The zero-order chi connectivity index (χ0) is 13.8. The topological polar surface area (TPSA) is 71.1 Å². The van der Waals surface area contributed by atoms with E-state index >= 15 is 0 Å². The average Bonchev–Trinajstić information content (AvgIpc) is 3.24. The molecule has 1 aromatic rings. The van der Waals surface area contributed by atoms with Gasteiger partial charge in [-0.05, 0) is 31.4 Å². The van der Waals surface area contributed by atoms with Gasteiger partial charge in [0.15, 0.2) is 5.84 Å². The molecule has 1 saturated carbocycles. The van der Waals surface area contributed by atoms with Crippen LogP contribution in [0.15, 0.2) is 23.4 Å². The number of hydrogen-bond acceptors (Lipinski definition) is 4. The van der Waals surface area contributed by atoms with Gasteiger partial charge in [-0.2, -0.15) is 0 Å². The van der Waals surface area contributed by atoms with E-state index in [-0.39, 0.29) is 5.84 Å². The Hall–Kier alpha value is -1.75. The number of nitrogens with two attached hydrogens (primary N) is 1. The maximum Gasteiger partial charge on any atom is 0.172 e. The minimum absolute atomic E-state index is 0.154. The fourth-order valence-corrected chi connectivity index (χ4v) is 2.35. The number of hydrogen-bond donors (Lipinski definition) is 2. The Balaban J connectivity index is 2.39. The van der Waals surface area contributed by atoms with E-state index in [1.165, 1.54) is 12.8 Å². The molecule has 0 unspecified atom stereocenters. The van der Waals surface area contributed by atoms with Crippen LogP contribution in [0.5, 0.6) is 0 Å². The zero-order valence-electron chi connectivity index (χ0n) is 11.5. The molecular weight excluding hydrogens is 242 g/mol. The number of nitrogens with zero attached hydrogens (tertiary/aromatic N) is 2. The molecule has 0 amide bonds. The van der Waals surface area contributed by atoms with Crippen molar-refractivity contribution in [3.63, 3.8) is 0 Å². The van der Waals surface area contributed by atoms with Crippen LogP contribution in [0.1, 0.15) is 24.0 Å². The van der Waals surface area contributed by atoms with Crippen molar-refractivity contribution in [1.82, 2.24) is 0 Å². The van der Waals surface area contributed by atoms with E-state index < -0.39 is 0 Å². The van der Waals surface area contributed by atoms with Crippen LogP contribution in [0.25, 0.3) is 0 Å². The molecular formula is C14H21N3O2. The fourth-order valence-electron chi connectivity index (χ4n) is 2.35. The van der Waals surface area contributed by atoms with E-state index in [4.69, 9.17) is 15.7 Å². The second kappa shape index (κ2) is 5.93. The summed E-state index contributed by atoms with van der Waals surface area (Å²) < 4.78 is 5.19. The van der Waals surface area contributed by atoms with Crippen LogP contribution in [-0.4, -0.2) is 37.3 Å². The predicted molar refractivity (Wildman–Crippen MR) is 75.9 cm³/mol. The number of ether oxygens (including phenoxy) is 1. The molecule has 104 valence electrons. The van der Waals surface area contributed by atoms with Gasteiger partial charge in [0.25, 0.3) is 0 Å². The number of oxime groups is 1. The summed E-state index contributed by atoms with van der Waals surface area (Å²) in [6.45, 7) is 3.53. The molecule has 0 aliphatic heterocycles. The van der Waals surface area contributed by atoms with Gasteiger partial charge in [-0.15, -0.1) is 0 Å². The third-order valence-corrected chi connectivity index (χ3v) is 3.43. The number of methoxy groups -OCH3 is 1. The Morgan fingerprint density at radius 2 is 2.26 bits per heavy atom. The summed E-state index contributed by atoms with van der Waals surface area (Å²) in [6, 6.07) is 6.40. The molecule has 2 rings (SSSR count). The van der Waals surface area contributed by atoms with Crippen LogP contribution in [0.4, 0.5) is 5.69 Å². The predicted octanol–water partition coefficient (Wildman–Crippen LogP) is 1.70. The first-order valence-electron chi connectivity index (χ1n) is 6.52. The smallest absolute Gasteiger partial charge is 0.172 e. The van der Waals surface area contributed by atoms with Gasteiger partial charge in [-0.1, -0.05) is 17.3 Å². The van der Waals surface area contributed by atoms with Crippen LogP contribution in [0, 0.1) is 6.92 Å². The van der Waals surface area contributed by atoms with Gasteiger partial charge in [0.1, 0.15) is 0 Å². The molecule has 0 heterocycles. The highest BCUT2D eigenvalue weighted by molar-refractivity contribution is 6.03. The molecule has 0 radical (unpaired) electrons. The Bertz CT molecular complexity index is 470. The molecule has 1 aromatic carbocycles. The largest absolute Gasteiger partial charge is 0.409 e. The molecule has 1 aliphatic carbocycles. The molecule has 0 bridgehead atoms. The number of rotatable bonds is 6. The van der Waals surface area contributed by atoms with E-state index in [1.54, 1.807) is 7.11 Å². The summed E-state index contributed by atoms with van der Waals surface area (Å²) in [4.78, 5) is 2.31. The summed E-state index contributed by atoms with van der Waals surface area (Å²) >= 11 is 0. The number of para-hydroxylation sites is 1. The van der Waals surface area contributed by atoms with E-state index in [9.17, 15) is 0 Å². The van der Waals surface area contributed by atoms with Crippen LogP contribution >= 0.6 is 0 Å². The number of benzene rings is 1. The summed E-state index contributed by atoms with van der Waals surface area (Å²) in [5.41, 5.74) is 8.76. The lowest BCUT2D eigenvalue weighted by molar-refractivity contribution is 0.205. The number of anilines is 1. The second-order valence-electron chi connectivity index (χ2n) is 4.87. The zero-order valence-corrected chi connectivity index (χ0v) is 11.5. The Kier molecular flexibility index (Phi) is 4.27. The summed E-state index contributed by atoms with van der Waals surface area (Å²) in [5.74, 6) is 0.154. The highest BCUT2D eigenvalue weighted by Crippen LogP contribution is 2.35. The van der Waals surface area contributed by atoms with E-state index in [0.29, 0.717) is 12.6 Å². The Labute approximate surface area is 113 Å². The lowest BCUT2D eigenvalue weighted by Crippen LogP contribution is -2.32. The quantitative estimate of drug-likeness (QED) is 0.355. The van der Waals surface area contributed by atoms with Gasteiger partial charge < -0.3 is 20.6 Å². The third kappa shape index (κ3) is 2.98. The molecule has 5 heteroatoms. The van der Waals surface area contributed by atoms with Crippen LogP contribution in [0.3, 0.4) is 0 Å². The minimum atomic E-state index is 0.154. The number of aryl methyl sites for hydroxylation is 1. The molecule has 19 heavy (non-hydrogen) atoms. The van der Waals surface area contributed by atoms with Gasteiger partial charge in [0.2, 0.25) is 0 Å².